The zero-order valence-electron chi connectivity index (χ0n) is 11.9. The summed E-state index contributed by atoms with van der Waals surface area (Å²) in [4.78, 5) is 11.3. The molecule has 1 aliphatic carbocycles. The molecule has 2 heteroatoms. The smallest absolute Gasteiger partial charge is 0.126 e. The lowest BCUT2D eigenvalue weighted by Gasteiger charge is -2.37. The van der Waals surface area contributed by atoms with Crippen LogP contribution in [0, 0.1) is 17.2 Å². The molecule has 104 valence electrons. The van der Waals surface area contributed by atoms with Gasteiger partial charge in [-0.05, 0) is 61.6 Å². The van der Waals surface area contributed by atoms with Gasteiger partial charge in [0, 0.05) is 5.41 Å². The minimum Gasteiger partial charge on any atom is -0.303 e. The maximum Gasteiger partial charge on any atom is 0.126 e. The molecule has 0 heterocycles. The molecule has 2 rings (SSSR count). The van der Waals surface area contributed by atoms with Crippen LogP contribution in [0.3, 0.4) is 0 Å². The maximum absolute atomic E-state index is 12.9. The zero-order valence-corrected chi connectivity index (χ0v) is 11.9. The molecule has 19 heavy (non-hydrogen) atoms. The summed E-state index contributed by atoms with van der Waals surface area (Å²) >= 11 is 0. The van der Waals surface area contributed by atoms with Gasteiger partial charge in [0.15, 0.2) is 0 Å². The normalized spacial score (nSPS) is 26.7. The number of benzene rings is 1. The number of carbonyl (C=O) groups is 1. The van der Waals surface area contributed by atoms with Crippen molar-refractivity contribution in [2.75, 3.05) is 0 Å². The van der Waals surface area contributed by atoms with Crippen molar-refractivity contribution in [2.24, 2.45) is 11.3 Å². The van der Waals surface area contributed by atoms with Crippen molar-refractivity contribution in [3.63, 3.8) is 0 Å². The van der Waals surface area contributed by atoms with E-state index in [0.29, 0.717) is 11.8 Å². The Bertz CT molecular complexity index is 417. The number of hydrogen-bond acceptors (Lipinski definition) is 1. The van der Waals surface area contributed by atoms with Crippen LogP contribution in [-0.2, 0) is 4.79 Å². The molecule has 0 aromatic heterocycles. The van der Waals surface area contributed by atoms with Gasteiger partial charge in [-0.1, -0.05) is 26.0 Å². The summed E-state index contributed by atoms with van der Waals surface area (Å²) in [5, 5.41) is 0. The number of rotatable bonds is 4. The van der Waals surface area contributed by atoms with Crippen LogP contribution in [0.5, 0.6) is 0 Å². The van der Waals surface area contributed by atoms with Gasteiger partial charge in [0.1, 0.15) is 12.1 Å². The van der Waals surface area contributed by atoms with E-state index in [1.807, 2.05) is 12.1 Å². The Kier molecular flexibility index (Phi) is 4.38. The fourth-order valence-corrected chi connectivity index (χ4v) is 3.29. The Balaban J connectivity index is 1.99. The molecule has 0 N–H and O–H groups in total. The largest absolute Gasteiger partial charge is 0.303 e. The summed E-state index contributed by atoms with van der Waals surface area (Å²) in [7, 11) is 0. The van der Waals surface area contributed by atoms with E-state index in [1.54, 1.807) is 12.1 Å². The van der Waals surface area contributed by atoms with E-state index < -0.39 is 0 Å². The van der Waals surface area contributed by atoms with Gasteiger partial charge in [-0.15, -0.1) is 0 Å². The van der Waals surface area contributed by atoms with Crippen molar-refractivity contribution in [3.8, 4) is 0 Å². The zero-order chi connectivity index (χ0) is 13.9. The van der Waals surface area contributed by atoms with E-state index in [0.717, 1.165) is 38.4 Å². The van der Waals surface area contributed by atoms with Crippen LogP contribution < -0.4 is 0 Å². The van der Waals surface area contributed by atoms with Crippen molar-refractivity contribution in [1.82, 2.24) is 0 Å². The van der Waals surface area contributed by atoms with Crippen LogP contribution in [-0.4, -0.2) is 6.29 Å². The first kappa shape index (κ1) is 14.2. The molecule has 1 saturated carbocycles. The molecule has 1 aromatic carbocycles. The molecule has 1 unspecified atom stereocenters. The summed E-state index contributed by atoms with van der Waals surface area (Å²) in [6, 6.07) is 6.89. The topological polar surface area (TPSA) is 17.1 Å². The lowest BCUT2D eigenvalue weighted by Crippen LogP contribution is -2.31. The van der Waals surface area contributed by atoms with Crippen molar-refractivity contribution >= 4 is 6.29 Å². The summed E-state index contributed by atoms with van der Waals surface area (Å²) in [5.41, 5.74) is 1.08. The Morgan fingerprint density at radius 3 is 2.26 bits per heavy atom. The fraction of sp³-hybridized carbons (Fsp3) is 0.588. The summed E-state index contributed by atoms with van der Waals surface area (Å²) < 4.78 is 12.9. The first-order valence-corrected chi connectivity index (χ1v) is 7.31. The van der Waals surface area contributed by atoms with Crippen LogP contribution in [0.15, 0.2) is 24.3 Å². The van der Waals surface area contributed by atoms with E-state index in [1.165, 1.54) is 5.56 Å². The second kappa shape index (κ2) is 5.85. The number of aldehydes is 1. The maximum atomic E-state index is 12.9. The fourth-order valence-electron chi connectivity index (χ4n) is 3.29. The van der Waals surface area contributed by atoms with Crippen LogP contribution >= 0.6 is 0 Å². The molecule has 0 saturated heterocycles. The molecule has 1 nitrogen and oxygen atoms in total. The van der Waals surface area contributed by atoms with Gasteiger partial charge in [0.25, 0.3) is 0 Å². The SMILES string of the molecule is CCC(C)(C=O)[C@H]1CC[C@H](c2ccc(F)cc2)CC1. The van der Waals surface area contributed by atoms with E-state index in [2.05, 4.69) is 13.8 Å². The molecular formula is C17H23FO. The van der Waals surface area contributed by atoms with Gasteiger partial charge in [0.05, 0.1) is 0 Å². The first-order chi connectivity index (χ1) is 9.09. The first-order valence-electron chi connectivity index (χ1n) is 7.31. The van der Waals surface area contributed by atoms with Crippen molar-refractivity contribution in [3.05, 3.63) is 35.6 Å². The predicted octanol–water partition coefficient (Wildman–Crippen LogP) is 4.71. The molecule has 0 bridgehead atoms. The standard InChI is InChI=1S/C17H23FO/c1-3-17(2,12-19)15-8-4-13(5-9-15)14-6-10-16(18)11-7-14/h6-7,10-13,15H,3-5,8-9H2,1-2H3/t13-,15-,17?. The Morgan fingerprint density at radius 1 is 1.21 bits per heavy atom. The average molecular weight is 262 g/mol. The van der Waals surface area contributed by atoms with Gasteiger partial charge < -0.3 is 4.79 Å². The monoisotopic (exact) mass is 262 g/mol. The third-order valence-electron chi connectivity index (χ3n) is 5.03. The minimum absolute atomic E-state index is 0.159. The minimum atomic E-state index is -0.169. The second-order valence-electron chi connectivity index (χ2n) is 6.08. The van der Waals surface area contributed by atoms with Gasteiger partial charge in [-0.2, -0.15) is 0 Å². The van der Waals surface area contributed by atoms with Crippen LogP contribution in [0.1, 0.15) is 57.4 Å². The lowest BCUT2D eigenvalue weighted by atomic mass is 9.66. The Morgan fingerprint density at radius 2 is 1.79 bits per heavy atom. The Labute approximate surface area is 115 Å². The third-order valence-corrected chi connectivity index (χ3v) is 5.03. The van der Waals surface area contributed by atoms with Crippen molar-refractivity contribution in [1.29, 1.82) is 0 Å². The number of hydrogen-bond donors (Lipinski definition) is 0. The lowest BCUT2D eigenvalue weighted by molar-refractivity contribution is -0.119. The quantitative estimate of drug-likeness (QED) is 0.718. The summed E-state index contributed by atoms with van der Waals surface area (Å²) in [5.74, 6) is 0.869. The molecule has 0 amide bonds. The third kappa shape index (κ3) is 3.05. The number of carbonyl (C=O) groups excluding carboxylic acids is 1. The molecule has 0 radical (unpaired) electrons. The Hall–Kier alpha value is -1.18. The van der Waals surface area contributed by atoms with Crippen LogP contribution in [0.25, 0.3) is 0 Å². The highest BCUT2D eigenvalue weighted by molar-refractivity contribution is 5.59. The van der Waals surface area contributed by atoms with Crippen LogP contribution in [0.2, 0.25) is 0 Å². The molecule has 1 aromatic rings. The summed E-state index contributed by atoms with van der Waals surface area (Å²) in [6.45, 7) is 4.18. The van der Waals surface area contributed by atoms with Gasteiger partial charge in [-0.3, -0.25) is 0 Å². The summed E-state index contributed by atoms with van der Waals surface area (Å²) in [6.07, 6.45) is 6.49. The van der Waals surface area contributed by atoms with Gasteiger partial charge in [-0.25, -0.2) is 4.39 Å². The van der Waals surface area contributed by atoms with Gasteiger partial charge >= 0.3 is 0 Å². The van der Waals surface area contributed by atoms with Crippen LogP contribution in [0.4, 0.5) is 4.39 Å². The molecule has 1 aliphatic rings. The average Bonchev–Trinajstić information content (AvgIpc) is 2.47. The predicted molar refractivity (Wildman–Crippen MR) is 75.6 cm³/mol. The highest BCUT2D eigenvalue weighted by Gasteiger charge is 2.35. The highest BCUT2D eigenvalue weighted by Crippen LogP contribution is 2.44. The van der Waals surface area contributed by atoms with Crippen molar-refractivity contribution in [2.45, 2.75) is 51.9 Å². The molecule has 1 atom stereocenters. The number of halogens is 1. The highest BCUT2D eigenvalue weighted by atomic mass is 19.1. The second-order valence-corrected chi connectivity index (χ2v) is 6.08. The van der Waals surface area contributed by atoms with E-state index in [9.17, 15) is 9.18 Å². The molecule has 0 spiro atoms. The molecule has 1 fully saturated rings. The molecule has 0 aliphatic heterocycles. The van der Waals surface area contributed by atoms with E-state index in [-0.39, 0.29) is 11.2 Å². The van der Waals surface area contributed by atoms with E-state index >= 15 is 0 Å². The van der Waals surface area contributed by atoms with Crippen molar-refractivity contribution < 1.29 is 9.18 Å². The van der Waals surface area contributed by atoms with E-state index in [4.69, 9.17) is 0 Å². The molecular weight excluding hydrogens is 239 g/mol. The van der Waals surface area contributed by atoms with Gasteiger partial charge in [0.2, 0.25) is 0 Å².